The monoisotopic (exact) mass is 331 g/mol. The summed E-state index contributed by atoms with van der Waals surface area (Å²) in [5.74, 6) is 0.312. The van der Waals surface area contributed by atoms with Crippen LogP contribution in [-0.2, 0) is 20.9 Å². The maximum absolute atomic E-state index is 12.4. The van der Waals surface area contributed by atoms with Crippen LogP contribution in [0, 0.1) is 0 Å². The molecule has 0 aromatic carbocycles. The third-order valence-electron chi connectivity index (χ3n) is 4.49. The van der Waals surface area contributed by atoms with Crippen LogP contribution in [0.5, 0.6) is 0 Å². The zero-order valence-corrected chi connectivity index (χ0v) is 13.6. The van der Waals surface area contributed by atoms with E-state index in [9.17, 15) is 9.59 Å². The van der Waals surface area contributed by atoms with Crippen LogP contribution < -0.4 is 0 Å². The zero-order valence-electron chi connectivity index (χ0n) is 12.8. The van der Waals surface area contributed by atoms with Gasteiger partial charge in [0.25, 0.3) is 0 Å². The molecule has 0 N–H and O–H groups in total. The maximum Gasteiger partial charge on any atom is 0.330 e. The van der Waals surface area contributed by atoms with Crippen LogP contribution in [0.15, 0.2) is 30.6 Å². The number of thioether (sulfide) groups is 1. The molecule has 0 aliphatic carbocycles. The summed E-state index contributed by atoms with van der Waals surface area (Å²) in [7, 11) is 0. The van der Waals surface area contributed by atoms with Crippen LogP contribution in [0.25, 0.3) is 5.65 Å². The highest BCUT2D eigenvalue weighted by Crippen LogP contribution is 2.47. The number of nitrogens with zero attached hydrogens (tertiary/aromatic N) is 3. The average Bonchev–Trinajstić information content (AvgIpc) is 3.18. The fraction of sp³-hybridized carbons (Fsp3) is 0.438. The number of pyridine rings is 1. The van der Waals surface area contributed by atoms with Gasteiger partial charge in [0, 0.05) is 24.6 Å². The first-order chi connectivity index (χ1) is 11.1. The molecule has 4 heterocycles. The SMILES string of the molecule is C[C@@]12CCC(=O)N1[C@@H](C(=O)OCc1cn3ccccc3n1)CS2. The molecule has 2 atom stereocenters. The molecule has 23 heavy (non-hydrogen) atoms. The Hall–Kier alpha value is -2.02. The summed E-state index contributed by atoms with van der Waals surface area (Å²) >= 11 is 1.67. The molecule has 4 rings (SSSR count). The highest BCUT2D eigenvalue weighted by Gasteiger charge is 2.53. The first-order valence-electron chi connectivity index (χ1n) is 7.62. The molecule has 2 saturated heterocycles. The van der Waals surface area contributed by atoms with E-state index in [1.54, 1.807) is 16.7 Å². The number of hydrogen-bond acceptors (Lipinski definition) is 5. The van der Waals surface area contributed by atoms with Crippen LogP contribution in [0.1, 0.15) is 25.5 Å². The minimum absolute atomic E-state index is 0.0483. The van der Waals surface area contributed by atoms with Gasteiger partial charge < -0.3 is 14.0 Å². The average molecular weight is 331 g/mol. The summed E-state index contributed by atoms with van der Waals surface area (Å²) < 4.78 is 7.31. The molecule has 2 aromatic rings. The molecule has 6 nitrogen and oxygen atoms in total. The van der Waals surface area contributed by atoms with Gasteiger partial charge in [-0.3, -0.25) is 4.79 Å². The molecular formula is C16H17N3O3S. The van der Waals surface area contributed by atoms with E-state index in [-0.39, 0.29) is 23.4 Å². The summed E-state index contributed by atoms with van der Waals surface area (Å²) in [4.78, 5) is 30.3. The molecule has 7 heteroatoms. The molecular weight excluding hydrogens is 314 g/mol. The lowest BCUT2D eigenvalue weighted by molar-refractivity contribution is -0.154. The first-order valence-corrected chi connectivity index (χ1v) is 8.61. The van der Waals surface area contributed by atoms with E-state index in [4.69, 9.17) is 4.74 Å². The molecule has 2 aliphatic rings. The second-order valence-corrected chi connectivity index (χ2v) is 7.57. The largest absolute Gasteiger partial charge is 0.458 e. The Bertz CT molecular complexity index is 757. The molecule has 2 aliphatic heterocycles. The number of aromatic nitrogens is 2. The predicted octanol–water partition coefficient (Wildman–Crippen LogP) is 1.83. The van der Waals surface area contributed by atoms with Crippen molar-refractivity contribution in [3.05, 3.63) is 36.3 Å². The van der Waals surface area contributed by atoms with Crippen LogP contribution in [0.4, 0.5) is 0 Å². The molecule has 120 valence electrons. The number of fused-ring (bicyclic) bond motifs is 2. The van der Waals surface area contributed by atoms with Gasteiger partial charge in [-0.1, -0.05) is 6.07 Å². The summed E-state index contributed by atoms with van der Waals surface area (Å²) in [6.07, 6.45) is 5.05. The zero-order chi connectivity index (χ0) is 16.0. The third-order valence-corrected chi connectivity index (χ3v) is 6.00. The Morgan fingerprint density at radius 2 is 2.39 bits per heavy atom. The van der Waals surface area contributed by atoms with Crippen LogP contribution >= 0.6 is 11.8 Å². The van der Waals surface area contributed by atoms with E-state index in [2.05, 4.69) is 4.98 Å². The highest BCUT2D eigenvalue weighted by atomic mass is 32.2. The van der Waals surface area contributed by atoms with Crippen LogP contribution in [-0.4, -0.2) is 42.8 Å². The van der Waals surface area contributed by atoms with Crippen molar-refractivity contribution in [3.8, 4) is 0 Å². The number of carbonyl (C=O) groups is 2. The first kappa shape index (κ1) is 14.6. The van der Waals surface area contributed by atoms with E-state index >= 15 is 0 Å². The minimum Gasteiger partial charge on any atom is -0.458 e. The predicted molar refractivity (Wildman–Crippen MR) is 85.7 cm³/mol. The van der Waals surface area contributed by atoms with Crippen molar-refractivity contribution in [1.82, 2.24) is 14.3 Å². The number of ether oxygens (including phenoxy) is 1. The molecule has 1 amide bonds. The minimum atomic E-state index is -0.475. The number of rotatable bonds is 3. The van der Waals surface area contributed by atoms with Crippen molar-refractivity contribution >= 4 is 29.3 Å². The van der Waals surface area contributed by atoms with Gasteiger partial charge in [0.15, 0.2) is 0 Å². The summed E-state index contributed by atoms with van der Waals surface area (Å²) in [5, 5.41) is 0. The number of esters is 1. The number of amides is 1. The maximum atomic E-state index is 12.4. The quantitative estimate of drug-likeness (QED) is 0.803. The van der Waals surface area contributed by atoms with Gasteiger partial charge >= 0.3 is 5.97 Å². The molecule has 2 aromatic heterocycles. The van der Waals surface area contributed by atoms with Crippen molar-refractivity contribution in [3.63, 3.8) is 0 Å². The Labute approximate surface area is 137 Å². The number of imidazole rings is 1. The lowest BCUT2D eigenvalue weighted by Crippen LogP contribution is -2.46. The smallest absolute Gasteiger partial charge is 0.330 e. The standard InChI is InChI=1S/C16H17N3O3S/c1-16-6-5-14(20)19(16)12(10-23-16)15(21)22-9-11-8-18-7-3-2-4-13(18)17-11/h2-4,7-8,12H,5-6,9-10H2,1H3/t12-,16-/m1/s1. The second-order valence-electron chi connectivity index (χ2n) is 6.07. The van der Waals surface area contributed by atoms with E-state index < -0.39 is 6.04 Å². The Morgan fingerprint density at radius 3 is 3.22 bits per heavy atom. The lowest BCUT2D eigenvalue weighted by Gasteiger charge is -2.29. The van der Waals surface area contributed by atoms with Crippen LogP contribution in [0.2, 0.25) is 0 Å². The van der Waals surface area contributed by atoms with Gasteiger partial charge in [0.2, 0.25) is 5.91 Å². The molecule has 0 bridgehead atoms. The van der Waals surface area contributed by atoms with Gasteiger partial charge in [-0.2, -0.15) is 0 Å². The lowest BCUT2D eigenvalue weighted by atomic mass is 10.2. The molecule has 0 radical (unpaired) electrons. The van der Waals surface area contributed by atoms with Gasteiger partial charge in [-0.05, 0) is 25.5 Å². The van der Waals surface area contributed by atoms with Gasteiger partial charge in [-0.25, -0.2) is 9.78 Å². The summed E-state index contributed by atoms with van der Waals surface area (Å²) in [6.45, 7) is 2.15. The fourth-order valence-electron chi connectivity index (χ4n) is 3.29. The van der Waals surface area contributed by atoms with Crippen molar-refractivity contribution in [2.75, 3.05) is 5.75 Å². The number of carbonyl (C=O) groups excluding carboxylic acids is 2. The third kappa shape index (κ3) is 2.39. The second kappa shape index (κ2) is 5.26. The van der Waals surface area contributed by atoms with Crippen molar-refractivity contribution in [2.45, 2.75) is 37.3 Å². The topological polar surface area (TPSA) is 63.9 Å². The van der Waals surface area contributed by atoms with Gasteiger partial charge in [0.1, 0.15) is 18.3 Å². The molecule has 0 saturated carbocycles. The molecule has 0 spiro atoms. The van der Waals surface area contributed by atoms with Crippen molar-refractivity contribution < 1.29 is 14.3 Å². The van der Waals surface area contributed by atoms with E-state index in [1.165, 1.54) is 0 Å². The Balaban J connectivity index is 1.45. The number of hydrogen-bond donors (Lipinski definition) is 0. The van der Waals surface area contributed by atoms with E-state index in [0.717, 1.165) is 12.1 Å². The van der Waals surface area contributed by atoms with Gasteiger partial charge in [0.05, 0.1) is 10.6 Å². The summed E-state index contributed by atoms with van der Waals surface area (Å²) in [6, 6.07) is 5.25. The van der Waals surface area contributed by atoms with Crippen molar-refractivity contribution in [2.24, 2.45) is 0 Å². The molecule has 2 fully saturated rings. The molecule has 0 unspecified atom stereocenters. The van der Waals surface area contributed by atoms with Crippen molar-refractivity contribution in [1.29, 1.82) is 0 Å². The summed E-state index contributed by atoms with van der Waals surface area (Å²) in [5.41, 5.74) is 1.52. The fourth-order valence-corrected chi connectivity index (χ4v) is 4.71. The van der Waals surface area contributed by atoms with Crippen LogP contribution in [0.3, 0.4) is 0 Å². The van der Waals surface area contributed by atoms with E-state index in [0.29, 0.717) is 17.9 Å². The van der Waals surface area contributed by atoms with E-state index in [1.807, 2.05) is 41.9 Å². The Kier molecular flexibility index (Phi) is 3.33. The Morgan fingerprint density at radius 1 is 1.52 bits per heavy atom. The normalized spacial score (nSPS) is 26.7. The highest BCUT2D eigenvalue weighted by molar-refractivity contribution is 8.01. The van der Waals surface area contributed by atoms with Gasteiger partial charge in [-0.15, -0.1) is 11.8 Å².